The zero-order chi connectivity index (χ0) is 7.52. The minimum absolute atomic E-state index is 0.933. The molecule has 1 aliphatic heterocycles. The van der Waals surface area contributed by atoms with Gasteiger partial charge in [-0.15, -0.1) is 0 Å². The normalized spacial score (nSPS) is 17.3. The zero-order valence-electron chi connectivity index (χ0n) is 6.06. The van der Waals surface area contributed by atoms with Gasteiger partial charge in [-0.1, -0.05) is 0 Å². The monoisotopic (exact) mass is 279 g/mol. The van der Waals surface area contributed by atoms with Crippen LogP contribution in [0.3, 0.4) is 0 Å². The van der Waals surface area contributed by atoms with Crippen molar-refractivity contribution in [1.82, 2.24) is 0 Å². The van der Waals surface area contributed by atoms with Crippen LogP contribution in [0.4, 0.5) is 5.69 Å². The van der Waals surface area contributed by atoms with Crippen molar-refractivity contribution >= 4 is 32.0 Å². The van der Waals surface area contributed by atoms with Gasteiger partial charge in [-0.05, 0) is 0 Å². The van der Waals surface area contributed by atoms with Crippen molar-refractivity contribution in [3.05, 3.63) is 30.3 Å². The molecule has 1 aromatic rings. The number of benzene rings is 1. The molecule has 58 valence electrons. The Kier molecular flexibility index (Phi) is 2.55. The summed E-state index contributed by atoms with van der Waals surface area (Å²) in [4.78, 5) is 2.50. The van der Waals surface area contributed by atoms with Gasteiger partial charge in [0.25, 0.3) is 0 Å². The van der Waals surface area contributed by atoms with E-state index in [0.717, 1.165) is 26.3 Å². The van der Waals surface area contributed by atoms with Gasteiger partial charge in [-0.25, -0.2) is 0 Å². The van der Waals surface area contributed by atoms with E-state index < -0.39 is 0 Å². The maximum absolute atomic E-state index is 2.50. The number of hydrogen-bond donors (Lipinski definition) is 0. The van der Waals surface area contributed by atoms with Crippen LogP contribution in [0.25, 0.3) is 0 Å². The first-order valence-electron chi connectivity index (χ1n) is 3.51. The summed E-state index contributed by atoms with van der Waals surface area (Å²) in [5, 5.41) is 0. The Morgan fingerprint density at radius 1 is 1.00 bits per heavy atom. The summed E-state index contributed by atoms with van der Waals surface area (Å²) in [5.74, 6) is 0. The molecule has 2 rings (SSSR count). The molecule has 0 radical (unpaired) electrons. The van der Waals surface area contributed by atoms with E-state index >= 15 is 0 Å². The summed E-state index contributed by atoms with van der Waals surface area (Å²) >= 11 is 1.87. The first kappa shape index (κ1) is 7.69. The van der Waals surface area contributed by atoms with E-state index in [0.29, 0.717) is 0 Å². The summed E-state index contributed by atoms with van der Waals surface area (Å²) in [6, 6.07) is 10.7. The van der Waals surface area contributed by atoms with Crippen LogP contribution in [0.5, 0.6) is 0 Å². The minimum atomic E-state index is 0.933. The van der Waals surface area contributed by atoms with E-state index in [9.17, 15) is 0 Å². The van der Waals surface area contributed by atoms with Crippen molar-refractivity contribution < 1.29 is 0 Å². The van der Waals surface area contributed by atoms with Crippen LogP contribution in [0.2, 0.25) is 0 Å². The van der Waals surface area contributed by atoms with Gasteiger partial charge < -0.3 is 0 Å². The third-order valence-electron chi connectivity index (χ3n) is 1.62. The van der Waals surface area contributed by atoms with E-state index in [4.69, 9.17) is 0 Å². The number of hydrogen-bond acceptors (Lipinski definition) is 1. The van der Waals surface area contributed by atoms with Crippen LogP contribution < -0.4 is 4.90 Å². The first-order chi connectivity index (χ1) is 5.47. The number of para-hydroxylation sites is 1. The summed E-state index contributed by atoms with van der Waals surface area (Å²) in [6.45, 7) is 0. The maximum atomic E-state index is 2.50. The predicted octanol–water partition coefficient (Wildman–Crippen LogP) is 0.745. The Labute approximate surface area is 78.0 Å². The van der Waals surface area contributed by atoms with E-state index in [1.807, 2.05) is 0 Å². The molecule has 1 heterocycles. The number of nitrogens with zero attached hydrogens (tertiary/aromatic N) is 1. The van der Waals surface area contributed by atoms with Crippen LogP contribution in [0, 0.1) is 0 Å². The molecule has 0 atom stereocenters. The predicted molar refractivity (Wildman–Crippen MR) is 50.2 cm³/mol. The Morgan fingerprint density at radius 2 is 1.64 bits per heavy atom. The SMILES string of the molecule is c1ccc(N2C[Se][Se]C2)cc1. The molecule has 0 N–H and O–H groups in total. The molecule has 1 aliphatic rings. The average Bonchev–Trinajstić information content (AvgIpc) is 2.58. The summed E-state index contributed by atoms with van der Waals surface area (Å²) in [6.07, 6.45) is 0. The fourth-order valence-electron chi connectivity index (χ4n) is 1.03. The van der Waals surface area contributed by atoms with Gasteiger partial charge in [0.15, 0.2) is 0 Å². The molecule has 0 spiro atoms. The Morgan fingerprint density at radius 3 is 2.27 bits per heavy atom. The molecule has 0 aromatic heterocycles. The zero-order valence-corrected chi connectivity index (χ0v) is 9.49. The van der Waals surface area contributed by atoms with Crippen molar-refractivity contribution in [3.8, 4) is 0 Å². The van der Waals surface area contributed by atoms with Crippen LogP contribution in [-0.2, 0) is 0 Å². The van der Waals surface area contributed by atoms with E-state index in [2.05, 4.69) is 35.2 Å². The second-order valence-electron chi connectivity index (χ2n) is 2.37. The van der Waals surface area contributed by atoms with Crippen LogP contribution in [0.1, 0.15) is 0 Å². The second-order valence-corrected chi connectivity index (χ2v) is 9.58. The molecule has 11 heavy (non-hydrogen) atoms. The fraction of sp³-hybridized carbons (Fsp3) is 0.250. The number of anilines is 1. The third-order valence-corrected chi connectivity index (χ3v) is 7.84. The quantitative estimate of drug-likeness (QED) is 0.685. The molecule has 0 aliphatic carbocycles. The second kappa shape index (κ2) is 3.64. The van der Waals surface area contributed by atoms with Gasteiger partial charge in [-0.2, -0.15) is 0 Å². The molecule has 1 aromatic carbocycles. The molecule has 0 unspecified atom stereocenters. The van der Waals surface area contributed by atoms with Crippen LogP contribution in [-0.4, -0.2) is 37.1 Å². The first-order valence-corrected chi connectivity index (χ1v) is 10.3. The third kappa shape index (κ3) is 1.80. The van der Waals surface area contributed by atoms with Crippen LogP contribution >= 0.6 is 0 Å². The van der Waals surface area contributed by atoms with Crippen molar-refractivity contribution in [3.63, 3.8) is 0 Å². The molecule has 3 heteroatoms. The van der Waals surface area contributed by atoms with Gasteiger partial charge in [0, 0.05) is 0 Å². The van der Waals surface area contributed by atoms with E-state index in [-0.39, 0.29) is 0 Å². The van der Waals surface area contributed by atoms with Crippen molar-refractivity contribution in [2.45, 2.75) is 0 Å². The topological polar surface area (TPSA) is 3.24 Å². The Balaban J connectivity index is 2.16. The average molecular weight is 277 g/mol. The van der Waals surface area contributed by atoms with Gasteiger partial charge in [0.05, 0.1) is 0 Å². The van der Waals surface area contributed by atoms with Crippen molar-refractivity contribution in [2.24, 2.45) is 0 Å². The van der Waals surface area contributed by atoms with E-state index in [1.165, 1.54) is 16.6 Å². The molecule has 0 amide bonds. The standard InChI is InChI=1S/C8H9NSe2/c1-2-4-8(5-3-1)9-6-10-11-7-9/h1-5H,6-7H2. The molecule has 0 bridgehead atoms. The summed E-state index contributed by atoms with van der Waals surface area (Å²) < 4.78 is 0. The van der Waals surface area contributed by atoms with Gasteiger partial charge in [0.1, 0.15) is 0 Å². The molecule has 1 fully saturated rings. The Hall–Kier alpha value is 0.0590. The van der Waals surface area contributed by atoms with Crippen molar-refractivity contribution in [2.75, 3.05) is 15.8 Å². The van der Waals surface area contributed by atoms with Gasteiger partial charge in [-0.3, -0.25) is 0 Å². The van der Waals surface area contributed by atoms with Crippen molar-refractivity contribution in [1.29, 1.82) is 0 Å². The summed E-state index contributed by atoms with van der Waals surface area (Å²) in [5.41, 5.74) is 4.07. The molecule has 1 nitrogen and oxygen atoms in total. The molecular weight excluding hydrogens is 268 g/mol. The fourth-order valence-corrected chi connectivity index (χ4v) is 7.87. The van der Waals surface area contributed by atoms with Gasteiger partial charge >= 0.3 is 78.1 Å². The summed E-state index contributed by atoms with van der Waals surface area (Å²) in [7, 11) is 0. The molecule has 0 saturated carbocycles. The molecule has 1 saturated heterocycles. The van der Waals surface area contributed by atoms with E-state index in [1.54, 1.807) is 0 Å². The molecular formula is C8H9NSe2. The number of rotatable bonds is 1. The van der Waals surface area contributed by atoms with Gasteiger partial charge in [0.2, 0.25) is 0 Å². The van der Waals surface area contributed by atoms with Crippen LogP contribution in [0.15, 0.2) is 30.3 Å². The Bertz CT molecular complexity index is 219.